The van der Waals surface area contributed by atoms with Crippen LogP contribution < -0.4 is 5.32 Å². The largest absolute Gasteiger partial charge is 0.362 e. The Labute approximate surface area is 195 Å². The lowest BCUT2D eigenvalue weighted by Gasteiger charge is -2.18. The molecule has 0 aromatic heterocycles. The van der Waals surface area contributed by atoms with Crippen LogP contribution in [0.15, 0.2) is 90.0 Å². The molecule has 1 aliphatic heterocycles. The fraction of sp³-hybridized carbons (Fsp3) is 0.222. The Kier molecular flexibility index (Phi) is 6.23. The predicted octanol–water partition coefficient (Wildman–Crippen LogP) is 6.05. The van der Waals surface area contributed by atoms with Crippen LogP contribution in [0.5, 0.6) is 0 Å². The van der Waals surface area contributed by atoms with Gasteiger partial charge < -0.3 is 5.32 Å². The second-order valence-corrected chi connectivity index (χ2v) is 10.1. The molecule has 170 valence electrons. The molecule has 3 aromatic carbocycles. The van der Waals surface area contributed by atoms with E-state index in [-0.39, 0.29) is 10.3 Å². The van der Waals surface area contributed by atoms with Gasteiger partial charge in [0.2, 0.25) is 5.69 Å². The molecule has 0 saturated heterocycles. The Balaban J connectivity index is 1.75. The molecule has 0 unspecified atom stereocenters. The zero-order valence-corrected chi connectivity index (χ0v) is 19.9. The van der Waals surface area contributed by atoms with Crippen molar-refractivity contribution in [3.63, 3.8) is 0 Å². The molecule has 0 radical (unpaired) electrons. The third-order valence-electron chi connectivity index (χ3n) is 6.06. The van der Waals surface area contributed by atoms with Gasteiger partial charge in [-0.05, 0) is 49.6 Å². The molecule has 6 heteroatoms. The number of allylic oxidation sites excluding steroid dienone is 3. The minimum atomic E-state index is -4.32. The Morgan fingerprint density at radius 2 is 1.73 bits per heavy atom. The maximum Gasteiger partial charge on any atom is 0.295 e. The number of nitrogens with zero attached hydrogens (tertiary/aromatic N) is 1. The summed E-state index contributed by atoms with van der Waals surface area (Å²) in [7, 11) is -4.32. The molecule has 0 fully saturated rings. The number of hydrogen-bond acceptors (Lipinski definition) is 3. The molecule has 2 N–H and O–H groups in total. The summed E-state index contributed by atoms with van der Waals surface area (Å²) < 4.78 is 36.0. The van der Waals surface area contributed by atoms with Crippen molar-refractivity contribution >= 4 is 38.0 Å². The Hall–Kier alpha value is -3.22. The molecule has 0 atom stereocenters. The van der Waals surface area contributed by atoms with Gasteiger partial charge in [0, 0.05) is 41.4 Å². The van der Waals surface area contributed by atoms with Crippen LogP contribution in [0.25, 0.3) is 10.8 Å². The van der Waals surface area contributed by atoms with E-state index in [0.29, 0.717) is 5.39 Å². The highest BCUT2D eigenvalue weighted by Gasteiger charge is 2.45. The molecule has 0 spiro atoms. The van der Waals surface area contributed by atoms with Crippen LogP contribution in [-0.2, 0) is 15.5 Å². The number of para-hydroxylation sites is 1. The summed E-state index contributed by atoms with van der Waals surface area (Å²) in [6.07, 6.45) is 8.99. The smallest absolute Gasteiger partial charge is 0.295 e. The average Bonchev–Trinajstić information content (AvgIpc) is 3.00. The van der Waals surface area contributed by atoms with Crippen molar-refractivity contribution in [1.82, 2.24) is 0 Å². The summed E-state index contributed by atoms with van der Waals surface area (Å²) in [4.78, 5) is -0.0560. The second kappa shape index (κ2) is 8.96. The maximum absolute atomic E-state index is 12.0. The summed E-state index contributed by atoms with van der Waals surface area (Å²) in [5, 5.41) is 4.64. The maximum atomic E-state index is 12.0. The lowest BCUT2D eigenvalue weighted by molar-refractivity contribution is -0.437. The first-order chi connectivity index (χ1) is 15.7. The van der Waals surface area contributed by atoms with Gasteiger partial charge in [-0.2, -0.15) is 13.0 Å². The summed E-state index contributed by atoms with van der Waals surface area (Å²) in [5.74, 6) is 0. The SMILES string of the molecule is CCC[N+]1=C(/C=C/C=C/Nc2ccccc2)C(C)(C)c2c1ccc1c(S(=O)(=O)O)cccc21. The first kappa shape index (κ1) is 23.0. The van der Waals surface area contributed by atoms with E-state index in [9.17, 15) is 13.0 Å². The Morgan fingerprint density at radius 1 is 0.970 bits per heavy atom. The van der Waals surface area contributed by atoms with E-state index >= 15 is 0 Å². The molecule has 1 heterocycles. The molecule has 4 rings (SSSR count). The monoisotopic (exact) mass is 461 g/mol. The van der Waals surface area contributed by atoms with Gasteiger partial charge in [0.05, 0.1) is 5.41 Å². The van der Waals surface area contributed by atoms with Crippen molar-refractivity contribution in [2.75, 3.05) is 11.9 Å². The Morgan fingerprint density at radius 3 is 2.42 bits per heavy atom. The molecule has 5 nitrogen and oxygen atoms in total. The van der Waals surface area contributed by atoms with E-state index in [0.717, 1.165) is 41.0 Å². The number of benzene rings is 3. The molecule has 0 saturated carbocycles. The van der Waals surface area contributed by atoms with Crippen LogP contribution in [0, 0.1) is 0 Å². The van der Waals surface area contributed by atoms with Gasteiger partial charge in [0.25, 0.3) is 10.1 Å². The van der Waals surface area contributed by atoms with Crippen molar-refractivity contribution in [1.29, 1.82) is 0 Å². The number of hydrogen-bond donors (Lipinski definition) is 2. The van der Waals surface area contributed by atoms with E-state index in [1.807, 2.05) is 60.8 Å². The van der Waals surface area contributed by atoms with Crippen molar-refractivity contribution in [2.24, 2.45) is 0 Å². The van der Waals surface area contributed by atoms with Crippen molar-refractivity contribution < 1.29 is 17.5 Å². The topological polar surface area (TPSA) is 69.4 Å². The zero-order valence-electron chi connectivity index (χ0n) is 19.1. The minimum absolute atomic E-state index is 0.0560. The van der Waals surface area contributed by atoms with Gasteiger partial charge in [0.15, 0.2) is 5.71 Å². The predicted molar refractivity (Wildman–Crippen MR) is 135 cm³/mol. The first-order valence-corrected chi connectivity index (χ1v) is 12.5. The summed E-state index contributed by atoms with van der Waals surface area (Å²) in [6.45, 7) is 7.32. The number of anilines is 1. The third-order valence-corrected chi connectivity index (χ3v) is 6.97. The molecule has 0 amide bonds. The lowest BCUT2D eigenvalue weighted by atomic mass is 9.79. The standard InChI is InChI=1S/C27H28N2O3S/c1-4-19-29-23-17-16-21-22(13-10-14-24(21)33(30,31)32)26(23)27(2,3)25(29)15-8-9-18-28-20-11-6-5-7-12-20/h5-18H,4,19H2,1-3H3,(H,30,31,32)/p+1. The molecule has 1 aliphatic rings. The van der Waals surface area contributed by atoms with Crippen molar-refractivity contribution in [3.05, 3.63) is 90.7 Å². The van der Waals surface area contributed by atoms with E-state index in [1.54, 1.807) is 12.1 Å². The second-order valence-electron chi connectivity index (χ2n) is 8.68. The number of rotatable bonds is 7. The lowest BCUT2D eigenvalue weighted by Crippen LogP contribution is -2.28. The van der Waals surface area contributed by atoms with Crippen LogP contribution in [0.3, 0.4) is 0 Å². The van der Waals surface area contributed by atoms with Gasteiger partial charge in [-0.3, -0.25) is 4.55 Å². The highest BCUT2D eigenvalue weighted by atomic mass is 32.2. The van der Waals surface area contributed by atoms with Gasteiger partial charge in [0.1, 0.15) is 11.4 Å². The van der Waals surface area contributed by atoms with E-state index < -0.39 is 10.1 Å². The highest BCUT2D eigenvalue weighted by Crippen LogP contribution is 2.45. The fourth-order valence-electron chi connectivity index (χ4n) is 4.66. The van der Waals surface area contributed by atoms with E-state index in [1.165, 1.54) is 6.07 Å². The number of fused-ring (bicyclic) bond motifs is 3. The number of nitrogens with one attached hydrogen (secondary N) is 1. The summed E-state index contributed by atoms with van der Waals surface area (Å²) >= 11 is 0. The van der Waals surface area contributed by atoms with E-state index in [4.69, 9.17) is 0 Å². The van der Waals surface area contributed by atoms with Gasteiger partial charge in [-0.15, -0.1) is 0 Å². The van der Waals surface area contributed by atoms with Crippen LogP contribution in [-0.4, -0.2) is 29.8 Å². The molecular formula is C27H29N2O3S+. The molecule has 3 aromatic rings. The normalized spacial score (nSPS) is 15.6. The van der Waals surface area contributed by atoms with Crippen LogP contribution in [0.2, 0.25) is 0 Å². The zero-order chi connectivity index (χ0) is 23.6. The van der Waals surface area contributed by atoms with Gasteiger partial charge in [-0.25, -0.2) is 0 Å². The van der Waals surface area contributed by atoms with Crippen molar-refractivity contribution in [3.8, 4) is 0 Å². The molecule has 0 bridgehead atoms. The van der Waals surface area contributed by atoms with Gasteiger partial charge >= 0.3 is 0 Å². The summed E-state index contributed by atoms with van der Waals surface area (Å²) in [6, 6.07) is 18.8. The average molecular weight is 462 g/mol. The minimum Gasteiger partial charge on any atom is -0.362 e. The molecule has 0 aliphatic carbocycles. The Bertz CT molecular complexity index is 1390. The van der Waals surface area contributed by atoms with Crippen LogP contribution >= 0.6 is 0 Å². The summed E-state index contributed by atoms with van der Waals surface area (Å²) in [5.41, 5.74) is 3.97. The van der Waals surface area contributed by atoms with E-state index in [2.05, 4.69) is 36.7 Å². The van der Waals surface area contributed by atoms with Crippen molar-refractivity contribution in [2.45, 2.75) is 37.5 Å². The van der Waals surface area contributed by atoms with Gasteiger partial charge in [-0.1, -0.05) is 43.3 Å². The quantitative estimate of drug-likeness (QED) is 0.255. The highest BCUT2D eigenvalue weighted by molar-refractivity contribution is 7.86. The molecule has 33 heavy (non-hydrogen) atoms. The fourth-order valence-corrected chi connectivity index (χ4v) is 5.37. The van der Waals surface area contributed by atoms with Crippen LogP contribution in [0.1, 0.15) is 32.8 Å². The molecular weight excluding hydrogens is 432 g/mol. The first-order valence-electron chi connectivity index (χ1n) is 11.1. The van der Waals surface area contributed by atoms with Crippen LogP contribution in [0.4, 0.5) is 11.4 Å². The third kappa shape index (κ3) is 4.36.